The number of nitrogens with zero attached hydrogens (tertiary/aromatic N) is 4. The number of unbranched alkanes of at least 4 members (excludes halogenated alkanes) is 3. The van der Waals surface area contributed by atoms with E-state index in [9.17, 15) is 19.6 Å². The fourth-order valence-corrected chi connectivity index (χ4v) is 5.95. The Morgan fingerprint density at radius 1 is 1.14 bits per heavy atom. The van der Waals surface area contributed by atoms with Gasteiger partial charge in [-0.3, -0.25) is 23.9 Å². The lowest BCUT2D eigenvalue weighted by molar-refractivity contribution is -0.137. The van der Waals surface area contributed by atoms with E-state index in [0.29, 0.717) is 47.1 Å². The number of carbonyl (C=O) groups is 2. The van der Waals surface area contributed by atoms with Crippen molar-refractivity contribution in [2.75, 3.05) is 24.5 Å². The smallest absolute Gasteiger partial charge is 0.303 e. The lowest BCUT2D eigenvalue weighted by Gasteiger charge is -2.33. The van der Waals surface area contributed by atoms with Crippen LogP contribution in [0.5, 0.6) is 0 Å². The molecule has 1 aromatic heterocycles. The average molecular weight is 531 g/mol. The Kier molecular flexibility index (Phi) is 10.1. The number of carbonyl (C=O) groups excluding carboxylic acids is 1. The summed E-state index contributed by atoms with van der Waals surface area (Å²) in [5.41, 5.74) is 1.18. The molecule has 0 aromatic carbocycles. The SMILES string of the molecule is CCCCn1c(N2CCCCC2)c(C=C2SC(=S)N(CCCCCC(=O)O)C2=O)c(C)c(C#N)c1=O. The number of nitriles is 1. The third kappa shape index (κ3) is 6.37. The fraction of sp³-hybridized carbons (Fsp3) is 0.577. The van der Waals surface area contributed by atoms with Gasteiger partial charge in [-0.1, -0.05) is 43.7 Å². The molecule has 2 fully saturated rings. The van der Waals surface area contributed by atoms with Gasteiger partial charge in [0.25, 0.3) is 11.5 Å². The molecule has 0 atom stereocenters. The first kappa shape index (κ1) is 27.9. The zero-order valence-corrected chi connectivity index (χ0v) is 22.7. The molecule has 0 aliphatic carbocycles. The molecule has 1 amide bonds. The zero-order valence-electron chi connectivity index (χ0n) is 21.0. The standard InChI is InChI=1S/C26H34N4O4S2/c1-3-4-14-29-23(28-12-8-6-9-13-28)19(18(2)20(17-27)24(29)33)16-21-25(34)30(26(35)36-21)15-10-5-7-11-22(31)32/h16H,3-15H2,1-2H3,(H,31,32). The summed E-state index contributed by atoms with van der Waals surface area (Å²) in [5.74, 6) is -0.207. The predicted octanol–water partition coefficient (Wildman–Crippen LogP) is 4.67. The maximum absolute atomic E-state index is 13.3. The highest BCUT2D eigenvalue weighted by Crippen LogP contribution is 2.36. The van der Waals surface area contributed by atoms with E-state index in [1.165, 1.54) is 11.8 Å². The molecule has 36 heavy (non-hydrogen) atoms. The topological polar surface area (TPSA) is 107 Å². The summed E-state index contributed by atoms with van der Waals surface area (Å²) < 4.78 is 2.21. The number of rotatable bonds is 11. The van der Waals surface area contributed by atoms with Crippen LogP contribution in [0.1, 0.15) is 81.4 Å². The van der Waals surface area contributed by atoms with Crippen LogP contribution >= 0.6 is 24.0 Å². The minimum atomic E-state index is -0.819. The van der Waals surface area contributed by atoms with Gasteiger partial charge >= 0.3 is 5.97 Å². The second-order valence-corrected chi connectivity index (χ2v) is 10.9. The molecule has 2 saturated heterocycles. The number of hydrogen-bond acceptors (Lipinski definition) is 7. The van der Waals surface area contributed by atoms with Gasteiger partial charge in [-0.15, -0.1) is 0 Å². The molecular weight excluding hydrogens is 496 g/mol. The molecule has 0 radical (unpaired) electrons. The highest BCUT2D eigenvalue weighted by Gasteiger charge is 2.33. The van der Waals surface area contributed by atoms with E-state index < -0.39 is 5.97 Å². The Bertz CT molecular complexity index is 1150. The van der Waals surface area contributed by atoms with Crippen molar-refractivity contribution in [1.82, 2.24) is 9.47 Å². The van der Waals surface area contributed by atoms with E-state index in [1.54, 1.807) is 16.4 Å². The van der Waals surface area contributed by atoms with Crippen molar-refractivity contribution in [2.24, 2.45) is 0 Å². The molecule has 0 spiro atoms. The lowest BCUT2D eigenvalue weighted by atomic mass is 10.0. The number of aliphatic carboxylic acids is 1. The molecule has 1 aromatic rings. The van der Waals surface area contributed by atoms with Crippen LogP contribution in [0.3, 0.4) is 0 Å². The van der Waals surface area contributed by atoms with Gasteiger partial charge in [-0.2, -0.15) is 5.26 Å². The molecule has 3 rings (SSSR count). The van der Waals surface area contributed by atoms with Crippen molar-refractivity contribution >= 4 is 52.1 Å². The predicted molar refractivity (Wildman–Crippen MR) is 147 cm³/mol. The van der Waals surface area contributed by atoms with Crippen LogP contribution < -0.4 is 10.5 Å². The van der Waals surface area contributed by atoms with E-state index in [0.717, 1.165) is 56.6 Å². The summed E-state index contributed by atoms with van der Waals surface area (Å²) in [6.07, 6.45) is 8.81. The maximum Gasteiger partial charge on any atom is 0.303 e. The first-order chi connectivity index (χ1) is 17.3. The van der Waals surface area contributed by atoms with E-state index in [1.807, 2.05) is 6.08 Å². The lowest BCUT2D eigenvalue weighted by Crippen LogP contribution is -2.37. The third-order valence-electron chi connectivity index (χ3n) is 6.66. The van der Waals surface area contributed by atoms with Crippen LogP contribution in [-0.2, 0) is 16.1 Å². The van der Waals surface area contributed by atoms with Gasteiger partial charge in [0.15, 0.2) is 0 Å². The molecular formula is C26H34N4O4S2. The number of piperidine rings is 1. The Hall–Kier alpha value is -2.64. The van der Waals surface area contributed by atoms with Gasteiger partial charge in [0.05, 0.1) is 4.91 Å². The maximum atomic E-state index is 13.3. The normalized spacial score (nSPS) is 17.2. The molecule has 0 saturated carbocycles. The second kappa shape index (κ2) is 13.1. The number of carboxylic acids is 1. The van der Waals surface area contributed by atoms with Gasteiger partial charge in [0, 0.05) is 38.2 Å². The number of pyridine rings is 1. The molecule has 10 heteroatoms. The number of amides is 1. The van der Waals surface area contributed by atoms with E-state index in [2.05, 4.69) is 17.9 Å². The van der Waals surface area contributed by atoms with Crippen LogP contribution in [0.25, 0.3) is 6.08 Å². The average Bonchev–Trinajstić information content (AvgIpc) is 3.12. The summed E-state index contributed by atoms with van der Waals surface area (Å²) in [7, 11) is 0. The van der Waals surface area contributed by atoms with Crippen molar-refractivity contribution in [1.29, 1.82) is 5.26 Å². The first-order valence-corrected chi connectivity index (χ1v) is 13.9. The summed E-state index contributed by atoms with van der Waals surface area (Å²) in [6.45, 7) is 6.48. The molecule has 3 heterocycles. The van der Waals surface area contributed by atoms with E-state index >= 15 is 0 Å². The largest absolute Gasteiger partial charge is 0.481 e. The highest BCUT2D eigenvalue weighted by molar-refractivity contribution is 8.26. The van der Waals surface area contributed by atoms with Crippen molar-refractivity contribution in [3.05, 3.63) is 31.9 Å². The summed E-state index contributed by atoms with van der Waals surface area (Å²) >= 11 is 6.73. The molecule has 0 unspecified atom stereocenters. The Labute approximate surface area is 221 Å². The van der Waals surface area contributed by atoms with E-state index in [-0.39, 0.29) is 23.5 Å². The van der Waals surface area contributed by atoms with Crippen molar-refractivity contribution in [3.8, 4) is 6.07 Å². The minimum Gasteiger partial charge on any atom is -0.481 e. The van der Waals surface area contributed by atoms with Crippen molar-refractivity contribution in [3.63, 3.8) is 0 Å². The van der Waals surface area contributed by atoms with Crippen LogP contribution in [-0.4, -0.2) is 50.4 Å². The summed E-state index contributed by atoms with van der Waals surface area (Å²) in [4.78, 5) is 41.6. The van der Waals surface area contributed by atoms with Gasteiger partial charge in [-0.25, -0.2) is 0 Å². The molecule has 1 N–H and O–H groups in total. The monoisotopic (exact) mass is 530 g/mol. The number of anilines is 1. The quantitative estimate of drug-likeness (QED) is 0.250. The first-order valence-electron chi connectivity index (χ1n) is 12.7. The van der Waals surface area contributed by atoms with Gasteiger partial charge in [0.1, 0.15) is 21.8 Å². The van der Waals surface area contributed by atoms with Gasteiger partial charge in [0.2, 0.25) is 0 Å². The third-order valence-corrected chi connectivity index (χ3v) is 8.04. The van der Waals surface area contributed by atoms with Gasteiger partial charge < -0.3 is 10.0 Å². The Morgan fingerprint density at radius 2 is 1.86 bits per heavy atom. The Morgan fingerprint density at radius 3 is 2.50 bits per heavy atom. The zero-order chi connectivity index (χ0) is 26.2. The Balaban J connectivity index is 1.99. The number of aromatic nitrogens is 1. The van der Waals surface area contributed by atoms with Crippen molar-refractivity contribution in [2.45, 2.75) is 78.2 Å². The minimum absolute atomic E-state index is 0.117. The molecule has 194 valence electrons. The number of carboxylic acid groups (broad SMARTS) is 1. The van der Waals surface area contributed by atoms with Crippen LogP contribution in [0.2, 0.25) is 0 Å². The van der Waals surface area contributed by atoms with Crippen LogP contribution in [0, 0.1) is 18.3 Å². The highest BCUT2D eigenvalue weighted by atomic mass is 32.2. The number of hydrogen-bond donors (Lipinski definition) is 1. The van der Waals surface area contributed by atoms with Crippen LogP contribution in [0.4, 0.5) is 5.82 Å². The summed E-state index contributed by atoms with van der Waals surface area (Å²) in [6, 6.07) is 2.10. The van der Waals surface area contributed by atoms with Crippen molar-refractivity contribution < 1.29 is 14.7 Å². The second-order valence-electron chi connectivity index (χ2n) is 9.24. The van der Waals surface area contributed by atoms with E-state index in [4.69, 9.17) is 17.3 Å². The molecule has 0 bridgehead atoms. The molecule has 8 nitrogen and oxygen atoms in total. The number of thiocarbonyl (C=S) groups is 1. The summed E-state index contributed by atoms with van der Waals surface area (Å²) in [5, 5.41) is 18.6. The fourth-order valence-electron chi connectivity index (χ4n) is 4.66. The van der Waals surface area contributed by atoms with Crippen LogP contribution in [0.15, 0.2) is 9.70 Å². The number of thioether (sulfide) groups is 1. The molecule has 2 aliphatic rings. The van der Waals surface area contributed by atoms with Gasteiger partial charge in [-0.05, 0) is 57.1 Å². The molecule has 2 aliphatic heterocycles.